The van der Waals surface area contributed by atoms with Gasteiger partial charge in [-0.15, -0.1) is 0 Å². The van der Waals surface area contributed by atoms with Crippen LogP contribution < -0.4 is 5.73 Å². The minimum absolute atomic E-state index is 0.0943. The summed E-state index contributed by atoms with van der Waals surface area (Å²) in [6.45, 7) is 4.05. The number of likely N-dealkylation sites (N-methyl/N-ethyl adjacent to an activating group) is 1. The molecule has 0 aromatic heterocycles. The number of thioether (sulfide) groups is 1. The summed E-state index contributed by atoms with van der Waals surface area (Å²) in [4.78, 5) is 2.44. The molecule has 0 amide bonds. The van der Waals surface area contributed by atoms with Crippen molar-refractivity contribution in [3.63, 3.8) is 0 Å². The molecule has 0 aliphatic heterocycles. The van der Waals surface area contributed by atoms with Gasteiger partial charge in [-0.05, 0) is 31.7 Å². The van der Waals surface area contributed by atoms with E-state index in [1.165, 1.54) is 5.56 Å². The zero-order chi connectivity index (χ0) is 13.4. The number of hydrogen-bond donors (Lipinski definition) is 1. The highest BCUT2D eigenvalue weighted by atomic mass is 32.2. The van der Waals surface area contributed by atoms with Gasteiger partial charge in [0.25, 0.3) is 0 Å². The van der Waals surface area contributed by atoms with Gasteiger partial charge in [-0.1, -0.05) is 37.3 Å². The van der Waals surface area contributed by atoms with Crippen LogP contribution in [0.25, 0.3) is 0 Å². The Labute approximate surface area is 116 Å². The molecule has 0 bridgehead atoms. The molecule has 0 saturated heterocycles. The fourth-order valence-corrected chi connectivity index (χ4v) is 2.80. The van der Waals surface area contributed by atoms with Gasteiger partial charge < -0.3 is 5.73 Å². The monoisotopic (exact) mass is 266 g/mol. The van der Waals surface area contributed by atoms with Crippen molar-refractivity contribution in [3.05, 3.63) is 35.9 Å². The van der Waals surface area contributed by atoms with E-state index in [0.29, 0.717) is 6.54 Å². The summed E-state index contributed by atoms with van der Waals surface area (Å²) in [6.07, 6.45) is 4.27. The lowest BCUT2D eigenvalue weighted by atomic mass is 9.86. The van der Waals surface area contributed by atoms with Crippen LogP contribution in [-0.4, -0.2) is 42.6 Å². The normalized spacial score (nSPS) is 14.7. The molecule has 1 atom stereocenters. The van der Waals surface area contributed by atoms with Crippen LogP contribution in [0, 0.1) is 0 Å². The first-order chi connectivity index (χ1) is 8.68. The second-order valence-corrected chi connectivity index (χ2v) is 5.84. The van der Waals surface area contributed by atoms with Gasteiger partial charge in [-0.25, -0.2) is 0 Å². The molecule has 0 aliphatic rings. The molecule has 0 radical (unpaired) electrons. The summed E-state index contributed by atoms with van der Waals surface area (Å²) in [5.41, 5.74) is 7.56. The maximum absolute atomic E-state index is 6.09. The van der Waals surface area contributed by atoms with Gasteiger partial charge >= 0.3 is 0 Å². The van der Waals surface area contributed by atoms with Gasteiger partial charge in [0.1, 0.15) is 0 Å². The van der Waals surface area contributed by atoms with Gasteiger partial charge in [0.15, 0.2) is 0 Å². The average molecular weight is 266 g/mol. The number of nitrogens with zero attached hydrogens (tertiary/aromatic N) is 1. The standard InChI is InChI=1S/C15H26N2S/c1-4-15(13-16,17(2)10-11-18-3)12-14-8-6-5-7-9-14/h5-9H,4,10-13,16H2,1-3H3. The summed E-state index contributed by atoms with van der Waals surface area (Å²) in [5, 5.41) is 0. The Hall–Kier alpha value is -0.510. The largest absolute Gasteiger partial charge is 0.329 e. The highest BCUT2D eigenvalue weighted by molar-refractivity contribution is 7.98. The number of rotatable bonds is 8. The molecule has 1 aromatic carbocycles. The van der Waals surface area contributed by atoms with Crippen LogP contribution in [0.1, 0.15) is 18.9 Å². The van der Waals surface area contributed by atoms with Crippen LogP contribution in [0.5, 0.6) is 0 Å². The molecule has 18 heavy (non-hydrogen) atoms. The minimum Gasteiger partial charge on any atom is -0.329 e. The first-order valence-corrected chi connectivity index (χ1v) is 8.02. The van der Waals surface area contributed by atoms with E-state index in [-0.39, 0.29) is 5.54 Å². The fourth-order valence-electron chi connectivity index (χ4n) is 2.34. The highest BCUT2D eigenvalue weighted by Crippen LogP contribution is 2.23. The lowest BCUT2D eigenvalue weighted by Gasteiger charge is -2.41. The highest BCUT2D eigenvalue weighted by Gasteiger charge is 2.31. The van der Waals surface area contributed by atoms with Crippen LogP contribution in [0.15, 0.2) is 30.3 Å². The lowest BCUT2D eigenvalue weighted by molar-refractivity contribution is 0.128. The molecule has 0 fully saturated rings. The Bertz CT molecular complexity index is 323. The SMILES string of the molecule is CCC(CN)(Cc1ccccc1)N(C)CCSC. The van der Waals surface area contributed by atoms with Crippen LogP contribution in [0.2, 0.25) is 0 Å². The van der Waals surface area contributed by atoms with Crippen LogP contribution >= 0.6 is 11.8 Å². The maximum atomic E-state index is 6.09. The Morgan fingerprint density at radius 3 is 2.44 bits per heavy atom. The molecule has 3 heteroatoms. The van der Waals surface area contributed by atoms with Gasteiger partial charge in [0.2, 0.25) is 0 Å². The second kappa shape index (κ2) is 7.82. The summed E-state index contributed by atoms with van der Waals surface area (Å²) in [6, 6.07) is 10.7. The van der Waals surface area contributed by atoms with E-state index in [0.717, 1.165) is 25.1 Å². The number of nitrogens with two attached hydrogens (primary N) is 1. The smallest absolute Gasteiger partial charge is 0.0366 e. The molecule has 0 spiro atoms. The molecule has 2 nitrogen and oxygen atoms in total. The lowest BCUT2D eigenvalue weighted by Crippen LogP contribution is -2.54. The molecule has 0 heterocycles. The molecule has 0 saturated carbocycles. The predicted molar refractivity (Wildman–Crippen MR) is 83.2 cm³/mol. The third-order valence-corrected chi connectivity index (χ3v) is 4.45. The van der Waals surface area contributed by atoms with Gasteiger partial charge in [0.05, 0.1) is 0 Å². The quantitative estimate of drug-likeness (QED) is 0.784. The minimum atomic E-state index is 0.0943. The Kier molecular flexibility index (Phi) is 6.76. The van der Waals surface area contributed by atoms with Crippen LogP contribution in [0.3, 0.4) is 0 Å². The fraction of sp³-hybridized carbons (Fsp3) is 0.600. The zero-order valence-electron chi connectivity index (χ0n) is 11.9. The van der Waals surface area contributed by atoms with Crippen LogP contribution in [-0.2, 0) is 6.42 Å². The van der Waals surface area contributed by atoms with Crippen molar-refractivity contribution < 1.29 is 0 Å². The Balaban J connectivity index is 2.79. The molecule has 1 aromatic rings. The van der Waals surface area contributed by atoms with Crippen molar-refractivity contribution >= 4 is 11.8 Å². The van der Waals surface area contributed by atoms with Gasteiger partial charge in [-0.2, -0.15) is 11.8 Å². The van der Waals surface area contributed by atoms with E-state index < -0.39 is 0 Å². The first-order valence-electron chi connectivity index (χ1n) is 6.62. The third-order valence-electron chi connectivity index (χ3n) is 3.85. The van der Waals surface area contributed by atoms with Crippen molar-refractivity contribution in [1.29, 1.82) is 0 Å². The topological polar surface area (TPSA) is 29.3 Å². The summed E-state index contributed by atoms with van der Waals surface area (Å²) < 4.78 is 0. The summed E-state index contributed by atoms with van der Waals surface area (Å²) >= 11 is 1.89. The van der Waals surface area contributed by atoms with E-state index in [2.05, 4.69) is 55.5 Å². The van der Waals surface area contributed by atoms with E-state index >= 15 is 0 Å². The molecule has 102 valence electrons. The van der Waals surface area contributed by atoms with Crippen molar-refractivity contribution in [2.75, 3.05) is 32.1 Å². The van der Waals surface area contributed by atoms with E-state index in [1.807, 2.05) is 11.8 Å². The van der Waals surface area contributed by atoms with E-state index in [1.54, 1.807) is 0 Å². The van der Waals surface area contributed by atoms with Crippen molar-refractivity contribution in [2.45, 2.75) is 25.3 Å². The molecule has 2 N–H and O–H groups in total. The zero-order valence-corrected chi connectivity index (χ0v) is 12.7. The molecule has 1 unspecified atom stereocenters. The first kappa shape index (κ1) is 15.5. The van der Waals surface area contributed by atoms with Crippen molar-refractivity contribution in [2.24, 2.45) is 5.73 Å². The van der Waals surface area contributed by atoms with E-state index in [9.17, 15) is 0 Å². The molecular formula is C15H26N2S. The third kappa shape index (κ3) is 4.01. The van der Waals surface area contributed by atoms with Crippen molar-refractivity contribution in [3.8, 4) is 0 Å². The summed E-state index contributed by atoms with van der Waals surface area (Å²) in [7, 11) is 2.20. The molecule has 0 aliphatic carbocycles. The molecular weight excluding hydrogens is 240 g/mol. The number of hydrogen-bond acceptors (Lipinski definition) is 3. The second-order valence-electron chi connectivity index (χ2n) is 4.86. The predicted octanol–water partition coefficient (Wildman–Crippen LogP) is 2.63. The Morgan fingerprint density at radius 2 is 1.94 bits per heavy atom. The molecule has 1 rings (SSSR count). The van der Waals surface area contributed by atoms with Crippen molar-refractivity contribution in [1.82, 2.24) is 4.90 Å². The number of benzene rings is 1. The summed E-state index contributed by atoms with van der Waals surface area (Å²) in [5.74, 6) is 1.16. The van der Waals surface area contributed by atoms with Gasteiger partial charge in [-0.3, -0.25) is 4.90 Å². The van der Waals surface area contributed by atoms with Crippen LogP contribution in [0.4, 0.5) is 0 Å². The van der Waals surface area contributed by atoms with E-state index in [4.69, 9.17) is 5.73 Å². The maximum Gasteiger partial charge on any atom is 0.0366 e. The van der Waals surface area contributed by atoms with Gasteiger partial charge in [0, 0.05) is 24.4 Å². The average Bonchev–Trinajstić information content (AvgIpc) is 2.43. The Morgan fingerprint density at radius 1 is 1.28 bits per heavy atom.